The molecular weight excluding hydrogens is 292 g/mol. The summed E-state index contributed by atoms with van der Waals surface area (Å²) in [4.78, 5) is 16.4. The molecule has 2 saturated heterocycles. The number of rotatable bonds is 3. The normalized spacial score (nSPS) is 21.3. The van der Waals surface area contributed by atoms with E-state index in [2.05, 4.69) is 24.3 Å². The second-order valence-electron chi connectivity index (χ2n) is 6.27. The molecule has 0 spiro atoms. The molecule has 3 rings (SSSR count). The number of likely N-dealkylation sites (tertiary alicyclic amines) is 1. The maximum absolute atomic E-state index is 12.5. The van der Waals surface area contributed by atoms with Gasteiger partial charge in [-0.05, 0) is 24.3 Å². The van der Waals surface area contributed by atoms with Crippen molar-refractivity contribution in [2.24, 2.45) is 5.92 Å². The lowest BCUT2D eigenvalue weighted by Gasteiger charge is -2.39. The van der Waals surface area contributed by atoms with Crippen LogP contribution < -0.4 is 0 Å². The number of amides is 2. The molecule has 2 aliphatic heterocycles. The average Bonchev–Trinajstić information content (AvgIpc) is 2.64. The smallest absolute Gasteiger partial charge is 0.320 e. The van der Waals surface area contributed by atoms with Crippen molar-refractivity contribution in [3.05, 3.63) is 35.9 Å². The quantitative estimate of drug-likeness (QED) is 0.860. The van der Waals surface area contributed by atoms with Crippen LogP contribution in [0.25, 0.3) is 0 Å². The summed E-state index contributed by atoms with van der Waals surface area (Å²) < 4.78 is 11.1. The Kier molecular flexibility index (Phi) is 5.51. The van der Waals surface area contributed by atoms with E-state index >= 15 is 0 Å². The number of carbonyl (C=O) groups is 1. The van der Waals surface area contributed by atoms with Crippen molar-refractivity contribution in [1.29, 1.82) is 0 Å². The maximum atomic E-state index is 12.5. The third-order valence-electron chi connectivity index (χ3n) is 4.90. The van der Waals surface area contributed by atoms with Gasteiger partial charge in [0.1, 0.15) is 0 Å². The first-order valence-corrected chi connectivity index (χ1v) is 8.49. The van der Waals surface area contributed by atoms with Gasteiger partial charge in [0.15, 0.2) is 0 Å². The predicted octanol–water partition coefficient (Wildman–Crippen LogP) is 2.54. The molecule has 1 aromatic rings. The fraction of sp³-hybridized carbons (Fsp3) is 0.611. The van der Waals surface area contributed by atoms with Gasteiger partial charge in [0, 0.05) is 33.3 Å². The Balaban J connectivity index is 1.56. The first-order valence-electron chi connectivity index (χ1n) is 8.49. The van der Waals surface area contributed by atoms with Crippen LogP contribution in [0.2, 0.25) is 0 Å². The lowest BCUT2D eigenvalue weighted by Crippen LogP contribution is -2.50. The van der Waals surface area contributed by atoms with Crippen LogP contribution in [-0.4, -0.2) is 62.3 Å². The van der Waals surface area contributed by atoms with Crippen molar-refractivity contribution >= 4 is 6.03 Å². The molecule has 2 aliphatic rings. The predicted molar refractivity (Wildman–Crippen MR) is 88.3 cm³/mol. The number of hydrogen-bond acceptors (Lipinski definition) is 3. The number of benzene rings is 1. The van der Waals surface area contributed by atoms with Gasteiger partial charge in [0.2, 0.25) is 0 Å². The number of hydrogen-bond donors (Lipinski definition) is 0. The van der Waals surface area contributed by atoms with Crippen LogP contribution in [0.1, 0.15) is 24.5 Å². The summed E-state index contributed by atoms with van der Waals surface area (Å²) in [5, 5.41) is 0. The summed E-state index contributed by atoms with van der Waals surface area (Å²) in [6.45, 7) is 4.36. The summed E-state index contributed by atoms with van der Waals surface area (Å²) >= 11 is 0. The highest BCUT2D eigenvalue weighted by molar-refractivity contribution is 5.74. The highest BCUT2D eigenvalue weighted by Crippen LogP contribution is 2.33. The van der Waals surface area contributed by atoms with Crippen molar-refractivity contribution in [2.45, 2.75) is 18.9 Å². The molecule has 1 aromatic carbocycles. The van der Waals surface area contributed by atoms with E-state index in [4.69, 9.17) is 9.47 Å². The number of carbonyl (C=O) groups excluding carboxylic acids is 1. The van der Waals surface area contributed by atoms with Crippen molar-refractivity contribution in [3.63, 3.8) is 0 Å². The Bertz CT molecular complexity index is 494. The van der Waals surface area contributed by atoms with E-state index in [0.717, 1.165) is 25.9 Å². The van der Waals surface area contributed by atoms with E-state index < -0.39 is 0 Å². The third-order valence-corrected chi connectivity index (χ3v) is 4.90. The van der Waals surface area contributed by atoms with Crippen LogP contribution in [0.15, 0.2) is 30.3 Å². The minimum absolute atomic E-state index is 0.122. The molecule has 0 saturated carbocycles. The van der Waals surface area contributed by atoms with Gasteiger partial charge in [0.05, 0.1) is 19.3 Å². The van der Waals surface area contributed by atoms with Gasteiger partial charge in [-0.3, -0.25) is 0 Å². The van der Waals surface area contributed by atoms with E-state index in [1.807, 2.05) is 15.9 Å². The summed E-state index contributed by atoms with van der Waals surface area (Å²) in [5.74, 6) is 0.469. The molecular formula is C18H26N2O3. The molecule has 0 aliphatic carbocycles. The van der Waals surface area contributed by atoms with Gasteiger partial charge in [-0.1, -0.05) is 30.3 Å². The summed E-state index contributed by atoms with van der Waals surface area (Å²) in [5.41, 5.74) is 1.23. The zero-order chi connectivity index (χ0) is 16.1. The molecule has 1 atom stereocenters. The van der Waals surface area contributed by atoms with Crippen molar-refractivity contribution in [3.8, 4) is 0 Å². The van der Waals surface area contributed by atoms with Gasteiger partial charge in [0.25, 0.3) is 0 Å². The second-order valence-corrected chi connectivity index (χ2v) is 6.27. The molecule has 126 valence electrons. The fourth-order valence-electron chi connectivity index (χ4n) is 3.59. The van der Waals surface area contributed by atoms with Gasteiger partial charge in [-0.2, -0.15) is 0 Å². The van der Waals surface area contributed by atoms with Crippen molar-refractivity contribution in [1.82, 2.24) is 9.80 Å². The SMILES string of the molecule is COC(c1ccccc1)C1CCN(C(=O)N2CCOCC2)CC1. The molecule has 2 fully saturated rings. The number of ether oxygens (including phenoxy) is 2. The molecule has 0 bridgehead atoms. The van der Waals surface area contributed by atoms with E-state index in [9.17, 15) is 4.79 Å². The first-order chi connectivity index (χ1) is 11.3. The van der Waals surface area contributed by atoms with Crippen LogP contribution in [-0.2, 0) is 9.47 Å². The molecule has 2 amide bonds. The van der Waals surface area contributed by atoms with Gasteiger partial charge < -0.3 is 19.3 Å². The minimum atomic E-state index is 0.122. The number of morpholine rings is 1. The highest BCUT2D eigenvalue weighted by atomic mass is 16.5. The summed E-state index contributed by atoms with van der Waals surface area (Å²) in [7, 11) is 1.78. The van der Waals surface area contributed by atoms with E-state index in [-0.39, 0.29) is 12.1 Å². The van der Waals surface area contributed by atoms with Gasteiger partial charge >= 0.3 is 6.03 Å². The molecule has 5 heteroatoms. The first kappa shape index (κ1) is 16.3. The van der Waals surface area contributed by atoms with Crippen LogP contribution >= 0.6 is 0 Å². The second kappa shape index (κ2) is 7.79. The van der Waals surface area contributed by atoms with Crippen molar-refractivity contribution in [2.75, 3.05) is 46.5 Å². The standard InChI is InChI=1S/C18H26N2O3/c1-22-17(15-5-3-2-4-6-15)16-7-9-19(10-8-16)18(21)20-11-13-23-14-12-20/h2-6,16-17H,7-14H2,1H3. The molecule has 0 radical (unpaired) electrons. The number of methoxy groups -OCH3 is 1. The van der Waals surface area contributed by atoms with E-state index in [1.54, 1.807) is 7.11 Å². The topological polar surface area (TPSA) is 42.0 Å². The van der Waals surface area contributed by atoms with Crippen LogP contribution in [0.3, 0.4) is 0 Å². The Morgan fingerprint density at radius 3 is 2.30 bits per heavy atom. The molecule has 1 unspecified atom stereocenters. The molecule has 23 heavy (non-hydrogen) atoms. The van der Waals surface area contributed by atoms with Crippen molar-refractivity contribution < 1.29 is 14.3 Å². The van der Waals surface area contributed by atoms with Crippen LogP contribution in [0, 0.1) is 5.92 Å². The molecule has 0 N–H and O–H groups in total. The van der Waals surface area contributed by atoms with Gasteiger partial charge in [-0.15, -0.1) is 0 Å². The Morgan fingerprint density at radius 1 is 1.09 bits per heavy atom. The van der Waals surface area contributed by atoms with E-state index in [1.165, 1.54) is 5.56 Å². The monoisotopic (exact) mass is 318 g/mol. The number of urea groups is 1. The maximum Gasteiger partial charge on any atom is 0.320 e. The van der Waals surface area contributed by atoms with E-state index in [0.29, 0.717) is 32.2 Å². The zero-order valence-corrected chi connectivity index (χ0v) is 13.8. The zero-order valence-electron chi connectivity index (χ0n) is 13.8. The Labute approximate surface area is 138 Å². The Morgan fingerprint density at radius 2 is 1.70 bits per heavy atom. The summed E-state index contributed by atoms with van der Waals surface area (Å²) in [6.07, 6.45) is 2.10. The minimum Gasteiger partial charge on any atom is -0.378 e. The molecule has 0 aromatic heterocycles. The lowest BCUT2D eigenvalue weighted by atomic mass is 9.87. The molecule has 5 nitrogen and oxygen atoms in total. The van der Waals surface area contributed by atoms with Crippen LogP contribution in [0.4, 0.5) is 4.79 Å². The lowest BCUT2D eigenvalue weighted by molar-refractivity contribution is 0.0148. The third kappa shape index (κ3) is 3.85. The van der Waals surface area contributed by atoms with Gasteiger partial charge in [-0.25, -0.2) is 4.79 Å². The summed E-state index contributed by atoms with van der Waals surface area (Å²) in [6, 6.07) is 10.6. The number of nitrogens with zero attached hydrogens (tertiary/aromatic N) is 2. The fourth-order valence-corrected chi connectivity index (χ4v) is 3.59. The van der Waals surface area contributed by atoms with Crippen LogP contribution in [0.5, 0.6) is 0 Å². The largest absolute Gasteiger partial charge is 0.378 e. The average molecular weight is 318 g/mol. The highest BCUT2D eigenvalue weighted by Gasteiger charge is 2.31. The number of piperidine rings is 1. The molecule has 2 heterocycles. The Hall–Kier alpha value is -1.59.